The smallest absolute Gasteiger partial charge is 0.416 e. The number of aryl methyl sites for hydroxylation is 4. The van der Waals surface area contributed by atoms with Crippen molar-refractivity contribution in [3.63, 3.8) is 0 Å². The minimum atomic E-state index is -4.61. The van der Waals surface area contributed by atoms with Gasteiger partial charge in [0.1, 0.15) is 11.5 Å². The fourth-order valence-corrected chi connectivity index (χ4v) is 7.12. The second-order valence-electron chi connectivity index (χ2n) is 12.4. The van der Waals surface area contributed by atoms with Gasteiger partial charge in [0.2, 0.25) is 0 Å². The Bertz CT molecular complexity index is 1800. The molecule has 4 aromatic rings. The lowest BCUT2D eigenvalue weighted by molar-refractivity contribution is -0.138. The van der Waals surface area contributed by atoms with Gasteiger partial charge in [-0.15, -0.1) is 0 Å². The van der Waals surface area contributed by atoms with Gasteiger partial charge in [-0.1, -0.05) is 47.6 Å². The van der Waals surface area contributed by atoms with Crippen LogP contribution in [-0.4, -0.2) is 10.2 Å². The maximum absolute atomic E-state index is 13.8. The summed E-state index contributed by atoms with van der Waals surface area (Å²) < 4.78 is 82.9. The molecule has 0 saturated heterocycles. The SMILES string of the molecule is Cc1ccc(C)c2c1C=C(CCC1=Cc3c(C)ccc(C)c3C1c1cc(C(F)(F)F)ccc1O)C2c1cc(C(F)(F)F)ccc1O. The first-order valence-electron chi connectivity index (χ1n) is 15.0. The standard InChI is InChI=1S/C38H32F6O2/c1-19-5-7-21(3)33-27(19)15-23(35(33)29-17-25(37(39,40)41)11-13-31(29)45)9-10-24-16-28-20(2)6-8-22(4)34(28)36(24)30-18-26(38(42,43)44)12-14-32(30)46/h5-8,11-18,35-36,45-46H,9-10H2,1-4H3. The van der Waals surface area contributed by atoms with Crippen molar-refractivity contribution in [2.75, 3.05) is 0 Å². The van der Waals surface area contributed by atoms with E-state index in [-0.39, 0.29) is 22.6 Å². The van der Waals surface area contributed by atoms with Gasteiger partial charge in [0.25, 0.3) is 0 Å². The summed E-state index contributed by atoms with van der Waals surface area (Å²) in [4.78, 5) is 0. The van der Waals surface area contributed by atoms with Gasteiger partial charge in [-0.25, -0.2) is 0 Å². The third kappa shape index (κ3) is 5.37. The highest BCUT2D eigenvalue weighted by Gasteiger charge is 2.38. The molecule has 2 aliphatic carbocycles. The maximum Gasteiger partial charge on any atom is 0.416 e. The van der Waals surface area contributed by atoms with Gasteiger partial charge in [-0.2, -0.15) is 26.3 Å². The largest absolute Gasteiger partial charge is 0.508 e. The molecular weight excluding hydrogens is 602 g/mol. The molecule has 0 aliphatic heterocycles. The normalized spacial score (nSPS) is 17.5. The van der Waals surface area contributed by atoms with Crippen molar-refractivity contribution in [3.05, 3.63) is 139 Å². The first-order chi connectivity index (χ1) is 21.6. The molecule has 2 nitrogen and oxygen atoms in total. The van der Waals surface area contributed by atoms with Gasteiger partial charge in [-0.05, 0) is 121 Å². The summed E-state index contributed by atoms with van der Waals surface area (Å²) in [6.45, 7) is 7.63. The second kappa shape index (κ2) is 11.1. The van der Waals surface area contributed by atoms with Crippen molar-refractivity contribution in [2.24, 2.45) is 0 Å². The molecular formula is C38H32F6O2. The number of allylic oxidation sites excluding steroid dienone is 2. The Balaban J connectivity index is 1.45. The zero-order chi connectivity index (χ0) is 33.3. The third-order valence-corrected chi connectivity index (χ3v) is 9.46. The Kier molecular flexibility index (Phi) is 7.61. The lowest BCUT2D eigenvalue weighted by Crippen LogP contribution is -2.11. The zero-order valence-electron chi connectivity index (χ0n) is 25.7. The molecule has 2 unspecified atom stereocenters. The van der Waals surface area contributed by atoms with E-state index in [1.54, 1.807) is 0 Å². The van der Waals surface area contributed by atoms with E-state index in [9.17, 15) is 36.6 Å². The van der Waals surface area contributed by atoms with E-state index in [0.717, 1.165) is 92.1 Å². The van der Waals surface area contributed by atoms with Crippen LogP contribution >= 0.6 is 0 Å². The Hall–Kier alpha value is -4.46. The molecule has 0 saturated carbocycles. The fraction of sp³-hybridized carbons (Fsp3) is 0.263. The molecule has 8 heteroatoms. The number of halogens is 6. The van der Waals surface area contributed by atoms with Gasteiger partial charge in [0, 0.05) is 23.0 Å². The Morgan fingerprint density at radius 1 is 0.522 bits per heavy atom. The predicted octanol–water partition coefficient (Wildman–Crippen LogP) is 10.9. The number of hydrogen-bond acceptors (Lipinski definition) is 2. The highest BCUT2D eigenvalue weighted by Crippen LogP contribution is 2.52. The molecule has 0 spiro atoms. The van der Waals surface area contributed by atoms with Crippen LogP contribution in [0.25, 0.3) is 12.2 Å². The number of fused-ring (bicyclic) bond motifs is 2. The first kappa shape index (κ1) is 31.5. The third-order valence-electron chi connectivity index (χ3n) is 9.46. The molecule has 0 bridgehead atoms. The molecule has 2 N–H and O–H groups in total. The molecule has 238 valence electrons. The van der Waals surface area contributed by atoms with Crippen LogP contribution in [0.1, 0.15) is 91.4 Å². The van der Waals surface area contributed by atoms with Gasteiger partial charge in [0.15, 0.2) is 0 Å². The lowest BCUT2D eigenvalue weighted by atomic mass is 9.80. The number of alkyl halides is 6. The molecule has 0 amide bonds. The van der Waals surface area contributed by atoms with Crippen LogP contribution in [0.2, 0.25) is 0 Å². The number of rotatable bonds is 5. The van der Waals surface area contributed by atoms with Crippen molar-refractivity contribution in [1.29, 1.82) is 0 Å². The predicted molar refractivity (Wildman–Crippen MR) is 167 cm³/mol. The van der Waals surface area contributed by atoms with E-state index in [2.05, 4.69) is 0 Å². The summed E-state index contributed by atoms with van der Waals surface area (Å²) in [6.07, 6.45) is -4.54. The summed E-state index contributed by atoms with van der Waals surface area (Å²) >= 11 is 0. The van der Waals surface area contributed by atoms with Crippen LogP contribution in [-0.2, 0) is 12.4 Å². The van der Waals surface area contributed by atoms with Crippen molar-refractivity contribution < 1.29 is 36.6 Å². The van der Waals surface area contributed by atoms with Gasteiger partial charge >= 0.3 is 12.4 Å². The van der Waals surface area contributed by atoms with E-state index >= 15 is 0 Å². The number of phenolic OH excluding ortho intramolecular Hbond substituents is 2. The Labute approximate surface area is 263 Å². The van der Waals surface area contributed by atoms with Crippen LogP contribution in [0, 0.1) is 27.7 Å². The topological polar surface area (TPSA) is 40.5 Å². The van der Waals surface area contributed by atoms with Crippen LogP contribution < -0.4 is 0 Å². The number of hydrogen-bond donors (Lipinski definition) is 2. The summed E-state index contributed by atoms with van der Waals surface area (Å²) in [5.41, 5.74) is 7.22. The molecule has 0 radical (unpaired) electrons. The molecule has 0 heterocycles. The van der Waals surface area contributed by atoms with Crippen molar-refractivity contribution >= 4 is 12.2 Å². The molecule has 2 aliphatic rings. The average Bonchev–Trinajstić information content (AvgIpc) is 3.56. The highest BCUT2D eigenvalue weighted by molar-refractivity contribution is 5.76. The minimum Gasteiger partial charge on any atom is -0.508 e. The quantitative estimate of drug-likeness (QED) is 0.215. The van der Waals surface area contributed by atoms with E-state index in [1.807, 2.05) is 64.1 Å². The van der Waals surface area contributed by atoms with Gasteiger partial charge in [-0.3, -0.25) is 0 Å². The second-order valence-corrected chi connectivity index (χ2v) is 12.4. The summed E-state index contributed by atoms with van der Waals surface area (Å²) in [6, 6.07) is 13.6. The Morgan fingerprint density at radius 2 is 0.870 bits per heavy atom. The van der Waals surface area contributed by atoms with Crippen molar-refractivity contribution in [1.82, 2.24) is 0 Å². The highest BCUT2D eigenvalue weighted by atomic mass is 19.4. The summed E-state index contributed by atoms with van der Waals surface area (Å²) in [7, 11) is 0. The number of benzene rings is 4. The monoisotopic (exact) mass is 634 g/mol. The zero-order valence-corrected chi connectivity index (χ0v) is 25.7. The molecule has 2 atom stereocenters. The van der Waals surface area contributed by atoms with E-state index in [1.165, 1.54) is 0 Å². The number of phenols is 2. The maximum atomic E-state index is 13.8. The molecule has 4 aromatic carbocycles. The summed E-state index contributed by atoms with van der Waals surface area (Å²) in [5.74, 6) is -1.79. The van der Waals surface area contributed by atoms with Gasteiger partial charge < -0.3 is 10.2 Å². The van der Waals surface area contributed by atoms with Crippen LogP contribution in [0.3, 0.4) is 0 Å². The summed E-state index contributed by atoms with van der Waals surface area (Å²) in [5, 5.41) is 21.8. The van der Waals surface area contributed by atoms with E-state index in [4.69, 9.17) is 0 Å². The molecule has 0 aromatic heterocycles. The molecule has 46 heavy (non-hydrogen) atoms. The Morgan fingerprint density at radius 3 is 1.22 bits per heavy atom. The van der Waals surface area contributed by atoms with E-state index < -0.39 is 35.3 Å². The first-order valence-corrected chi connectivity index (χ1v) is 15.0. The van der Waals surface area contributed by atoms with Crippen molar-refractivity contribution in [2.45, 2.75) is 64.7 Å². The fourth-order valence-electron chi connectivity index (χ4n) is 7.12. The van der Waals surface area contributed by atoms with Crippen LogP contribution in [0.4, 0.5) is 26.3 Å². The number of aromatic hydroxyl groups is 2. The molecule has 0 fully saturated rings. The van der Waals surface area contributed by atoms with Crippen LogP contribution in [0.15, 0.2) is 71.8 Å². The lowest BCUT2D eigenvalue weighted by Gasteiger charge is -2.24. The van der Waals surface area contributed by atoms with Crippen molar-refractivity contribution in [3.8, 4) is 11.5 Å². The molecule has 6 rings (SSSR count). The van der Waals surface area contributed by atoms with E-state index in [0.29, 0.717) is 12.8 Å². The minimum absolute atomic E-state index is 0.149. The van der Waals surface area contributed by atoms with Crippen LogP contribution in [0.5, 0.6) is 11.5 Å². The van der Waals surface area contributed by atoms with Gasteiger partial charge in [0.05, 0.1) is 11.1 Å². The average molecular weight is 635 g/mol.